The molecule has 2 aromatic heterocycles. The first kappa shape index (κ1) is 20.4. The fourth-order valence-corrected chi connectivity index (χ4v) is 4.38. The number of aryl methyl sites for hydroxylation is 2. The van der Waals surface area contributed by atoms with Crippen molar-refractivity contribution in [3.05, 3.63) is 82.9 Å². The zero-order valence-corrected chi connectivity index (χ0v) is 18.1. The van der Waals surface area contributed by atoms with Gasteiger partial charge in [-0.15, -0.1) is 0 Å². The molecular weight excluding hydrogens is 372 g/mol. The second kappa shape index (κ2) is 8.84. The SMILES string of the molecule is Cc1cccc(-n2c(C)cc(C(=O)NC3CCN(Cc4ccccn4)CC3)c2C)c1. The van der Waals surface area contributed by atoms with Crippen LogP contribution >= 0.6 is 0 Å². The maximum Gasteiger partial charge on any atom is 0.253 e. The van der Waals surface area contributed by atoms with Crippen molar-refractivity contribution in [3.8, 4) is 5.69 Å². The second-order valence-corrected chi connectivity index (χ2v) is 8.30. The van der Waals surface area contributed by atoms with Crippen molar-refractivity contribution in [2.75, 3.05) is 13.1 Å². The first-order chi connectivity index (χ1) is 14.5. The van der Waals surface area contributed by atoms with E-state index in [2.05, 4.69) is 63.9 Å². The van der Waals surface area contributed by atoms with Crippen LogP contribution in [0.2, 0.25) is 0 Å². The van der Waals surface area contributed by atoms with E-state index in [9.17, 15) is 4.79 Å². The predicted molar refractivity (Wildman–Crippen MR) is 120 cm³/mol. The highest BCUT2D eigenvalue weighted by Crippen LogP contribution is 2.22. The molecule has 0 saturated carbocycles. The Morgan fingerprint density at radius 1 is 1.07 bits per heavy atom. The van der Waals surface area contributed by atoms with Gasteiger partial charge in [0, 0.05) is 48.9 Å². The molecule has 1 amide bonds. The summed E-state index contributed by atoms with van der Waals surface area (Å²) in [7, 11) is 0. The number of likely N-dealkylation sites (tertiary alicyclic amines) is 1. The van der Waals surface area contributed by atoms with Gasteiger partial charge in [-0.05, 0) is 69.5 Å². The molecule has 5 nitrogen and oxygen atoms in total. The van der Waals surface area contributed by atoms with E-state index in [1.54, 1.807) is 0 Å². The molecule has 1 aliphatic rings. The van der Waals surface area contributed by atoms with Crippen LogP contribution in [-0.2, 0) is 6.54 Å². The van der Waals surface area contributed by atoms with Gasteiger partial charge >= 0.3 is 0 Å². The summed E-state index contributed by atoms with van der Waals surface area (Å²) < 4.78 is 2.16. The maximum absolute atomic E-state index is 13.0. The molecule has 1 saturated heterocycles. The van der Waals surface area contributed by atoms with Crippen molar-refractivity contribution in [1.82, 2.24) is 19.8 Å². The normalized spacial score (nSPS) is 15.3. The number of amides is 1. The largest absolute Gasteiger partial charge is 0.349 e. The summed E-state index contributed by atoms with van der Waals surface area (Å²) >= 11 is 0. The molecule has 0 aliphatic carbocycles. The maximum atomic E-state index is 13.0. The van der Waals surface area contributed by atoms with Gasteiger partial charge in [0.25, 0.3) is 5.91 Å². The second-order valence-electron chi connectivity index (χ2n) is 8.30. The van der Waals surface area contributed by atoms with Crippen molar-refractivity contribution >= 4 is 5.91 Å². The summed E-state index contributed by atoms with van der Waals surface area (Å²) in [6, 6.07) is 16.7. The minimum absolute atomic E-state index is 0.0326. The molecule has 1 N–H and O–H groups in total. The summed E-state index contributed by atoms with van der Waals surface area (Å²) in [6.45, 7) is 9.00. The Bertz CT molecular complexity index is 1020. The van der Waals surface area contributed by atoms with Gasteiger partial charge in [0.15, 0.2) is 0 Å². The number of aromatic nitrogens is 2. The van der Waals surface area contributed by atoms with Crippen molar-refractivity contribution in [3.63, 3.8) is 0 Å². The zero-order valence-electron chi connectivity index (χ0n) is 18.1. The Labute approximate surface area is 178 Å². The van der Waals surface area contributed by atoms with Gasteiger partial charge in [-0.2, -0.15) is 0 Å². The Morgan fingerprint density at radius 3 is 2.57 bits per heavy atom. The summed E-state index contributed by atoms with van der Waals surface area (Å²) in [5.41, 5.74) is 6.25. The van der Waals surface area contributed by atoms with Crippen LogP contribution in [0.5, 0.6) is 0 Å². The van der Waals surface area contributed by atoms with Crippen LogP contribution in [0, 0.1) is 20.8 Å². The van der Waals surface area contributed by atoms with Gasteiger partial charge in [-0.25, -0.2) is 0 Å². The Hall–Kier alpha value is -2.92. The van der Waals surface area contributed by atoms with E-state index >= 15 is 0 Å². The number of carbonyl (C=O) groups is 1. The summed E-state index contributed by atoms with van der Waals surface area (Å²) in [5, 5.41) is 3.27. The van der Waals surface area contributed by atoms with E-state index in [0.29, 0.717) is 0 Å². The summed E-state index contributed by atoms with van der Waals surface area (Å²) in [4.78, 5) is 19.9. The van der Waals surface area contributed by atoms with Gasteiger partial charge in [0.05, 0.1) is 11.3 Å². The molecule has 0 bridgehead atoms. The highest BCUT2D eigenvalue weighted by molar-refractivity contribution is 5.96. The fraction of sp³-hybridized carbons (Fsp3) is 0.360. The molecule has 1 aromatic carbocycles. The average Bonchev–Trinajstić information content (AvgIpc) is 3.04. The van der Waals surface area contributed by atoms with Crippen molar-refractivity contribution in [1.29, 1.82) is 0 Å². The number of nitrogens with zero attached hydrogens (tertiary/aromatic N) is 3. The molecule has 0 unspecified atom stereocenters. The summed E-state index contributed by atoms with van der Waals surface area (Å²) in [6.07, 6.45) is 3.78. The lowest BCUT2D eigenvalue weighted by Crippen LogP contribution is -2.44. The standard InChI is InChI=1S/C25H30N4O/c1-18-7-6-9-23(15-18)29-19(2)16-24(20(29)3)25(30)27-21-10-13-28(14-11-21)17-22-8-4-5-12-26-22/h4-9,12,15-16,21H,10-11,13-14,17H2,1-3H3,(H,27,30). The highest BCUT2D eigenvalue weighted by Gasteiger charge is 2.23. The van der Waals surface area contributed by atoms with Crippen LogP contribution in [0.4, 0.5) is 0 Å². The molecule has 5 heteroatoms. The Balaban J connectivity index is 1.39. The first-order valence-corrected chi connectivity index (χ1v) is 10.7. The van der Waals surface area contributed by atoms with Gasteiger partial charge in [0.1, 0.15) is 0 Å². The molecule has 3 heterocycles. The van der Waals surface area contributed by atoms with E-state index in [1.807, 2.05) is 31.3 Å². The number of pyridine rings is 1. The number of nitrogens with one attached hydrogen (secondary N) is 1. The number of hydrogen-bond acceptors (Lipinski definition) is 3. The molecule has 1 fully saturated rings. The van der Waals surface area contributed by atoms with Gasteiger partial charge in [-0.3, -0.25) is 14.7 Å². The van der Waals surface area contributed by atoms with Crippen LogP contribution in [0.1, 0.15) is 45.8 Å². The van der Waals surface area contributed by atoms with E-state index < -0.39 is 0 Å². The van der Waals surface area contributed by atoms with E-state index in [0.717, 1.165) is 60.8 Å². The predicted octanol–water partition coefficient (Wildman–Crippen LogP) is 4.19. The molecule has 0 spiro atoms. The van der Waals surface area contributed by atoms with Crippen LogP contribution < -0.4 is 5.32 Å². The van der Waals surface area contributed by atoms with Gasteiger partial charge in [-0.1, -0.05) is 18.2 Å². The highest BCUT2D eigenvalue weighted by atomic mass is 16.1. The average molecular weight is 403 g/mol. The molecule has 30 heavy (non-hydrogen) atoms. The fourth-order valence-electron chi connectivity index (χ4n) is 4.38. The van der Waals surface area contributed by atoms with Crippen molar-refractivity contribution in [2.24, 2.45) is 0 Å². The van der Waals surface area contributed by atoms with Crippen LogP contribution in [0.15, 0.2) is 54.7 Å². The van der Waals surface area contributed by atoms with Crippen LogP contribution in [0.3, 0.4) is 0 Å². The van der Waals surface area contributed by atoms with Crippen LogP contribution in [-0.4, -0.2) is 39.5 Å². The minimum Gasteiger partial charge on any atom is -0.349 e. The molecule has 156 valence electrons. The quantitative estimate of drug-likeness (QED) is 0.696. The molecular formula is C25H30N4O. The molecule has 3 aromatic rings. The van der Waals surface area contributed by atoms with Crippen LogP contribution in [0.25, 0.3) is 5.69 Å². The topological polar surface area (TPSA) is 50.2 Å². The number of benzene rings is 1. The Kier molecular flexibility index (Phi) is 6.00. The number of hydrogen-bond donors (Lipinski definition) is 1. The van der Waals surface area contributed by atoms with E-state index in [-0.39, 0.29) is 11.9 Å². The third kappa shape index (κ3) is 4.46. The monoisotopic (exact) mass is 402 g/mol. The van der Waals surface area contributed by atoms with E-state index in [4.69, 9.17) is 0 Å². The molecule has 0 atom stereocenters. The number of carbonyl (C=O) groups excluding carboxylic acids is 1. The third-order valence-electron chi connectivity index (χ3n) is 5.97. The van der Waals surface area contributed by atoms with Crippen molar-refractivity contribution in [2.45, 2.75) is 46.2 Å². The van der Waals surface area contributed by atoms with Gasteiger partial charge in [0.2, 0.25) is 0 Å². The first-order valence-electron chi connectivity index (χ1n) is 10.7. The smallest absolute Gasteiger partial charge is 0.253 e. The Morgan fingerprint density at radius 2 is 1.87 bits per heavy atom. The van der Waals surface area contributed by atoms with Crippen molar-refractivity contribution < 1.29 is 4.79 Å². The molecule has 4 rings (SSSR count). The number of rotatable bonds is 5. The minimum atomic E-state index is 0.0326. The molecule has 0 radical (unpaired) electrons. The molecule has 1 aliphatic heterocycles. The third-order valence-corrected chi connectivity index (χ3v) is 5.97. The lowest BCUT2D eigenvalue weighted by molar-refractivity contribution is 0.0908. The lowest BCUT2D eigenvalue weighted by atomic mass is 10.0. The van der Waals surface area contributed by atoms with E-state index in [1.165, 1.54) is 5.56 Å². The lowest BCUT2D eigenvalue weighted by Gasteiger charge is -2.32. The number of piperidine rings is 1. The zero-order chi connectivity index (χ0) is 21.1. The van der Waals surface area contributed by atoms with Gasteiger partial charge < -0.3 is 9.88 Å². The summed E-state index contributed by atoms with van der Waals surface area (Å²) in [5.74, 6) is 0.0326.